The van der Waals surface area contributed by atoms with Crippen molar-refractivity contribution in [1.29, 1.82) is 0 Å². The maximum atomic E-state index is 13.3. The van der Waals surface area contributed by atoms with Gasteiger partial charge in [-0.1, -0.05) is 0 Å². The summed E-state index contributed by atoms with van der Waals surface area (Å²) in [6, 6.07) is 12.2. The Labute approximate surface area is 212 Å². The molecule has 12 heteroatoms. The van der Waals surface area contributed by atoms with E-state index in [1.165, 1.54) is 38.5 Å². The van der Waals surface area contributed by atoms with Gasteiger partial charge in [-0.25, -0.2) is 4.90 Å². The van der Waals surface area contributed by atoms with E-state index in [4.69, 9.17) is 26.1 Å². The van der Waals surface area contributed by atoms with E-state index in [1.807, 2.05) is 0 Å². The minimum atomic E-state index is -0.682. The first-order valence-electron chi connectivity index (χ1n) is 9.91. The van der Waals surface area contributed by atoms with Gasteiger partial charge in [0.1, 0.15) is 28.6 Å². The van der Waals surface area contributed by atoms with Crippen molar-refractivity contribution in [3.05, 3.63) is 74.5 Å². The van der Waals surface area contributed by atoms with Crippen molar-refractivity contribution in [1.82, 2.24) is 5.32 Å². The highest BCUT2D eigenvalue weighted by Crippen LogP contribution is 2.35. The minimum absolute atomic E-state index is 0.0796. The molecule has 0 saturated carbocycles. The molecule has 0 bridgehead atoms. The lowest BCUT2D eigenvalue weighted by atomic mass is 10.1. The number of carbonyl (C=O) groups is 2. The molecule has 1 N–H and O–H groups in total. The highest BCUT2D eigenvalue weighted by atomic mass is 79.9. The summed E-state index contributed by atoms with van der Waals surface area (Å²) in [6.07, 6.45) is 1.30. The Morgan fingerprint density at radius 2 is 1.89 bits per heavy atom. The summed E-state index contributed by atoms with van der Waals surface area (Å²) >= 11 is 8.55. The van der Waals surface area contributed by atoms with E-state index >= 15 is 0 Å². The second-order valence-corrected chi connectivity index (χ2v) is 8.36. The average molecular weight is 558 g/mol. The van der Waals surface area contributed by atoms with E-state index in [1.54, 1.807) is 30.3 Å². The summed E-state index contributed by atoms with van der Waals surface area (Å²) in [5, 5.41) is 13.4. The van der Waals surface area contributed by atoms with Crippen LogP contribution in [0, 0.1) is 10.1 Å². The second-order valence-electron chi connectivity index (χ2n) is 7.12. The van der Waals surface area contributed by atoms with Crippen LogP contribution in [-0.2, 0) is 9.59 Å². The third-order valence-corrected chi connectivity index (χ3v) is 6.01. The predicted molar refractivity (Wildman–Crippen MR) is 134 cm³/mol. The third-order valence-electron chi connectivity index (χ3n) is 5.07. The Bertz CT molecular complexity index is 1420. The fraction of sp³-hybridized carbons (Fsp3) is 0.0870. The fourth-order valence-electron chi connectivity index (χ4n) is 3.38. The number of nitro groups is 1. The highest BCUT2D eigenvalue weighted by Gasteiger charge is 2.36. The molecule has 1 aliphatic rings. The molecule has 3 aromatic rings. The standard InChI is InChI=1S/C23H16BrN3O7S/c1-32-13-4-7-18(20(11-13)33-2)26-22(29)16(21(28)25-23(26)35)10-14-5-8-19(34-14)15-6-3-12(27(30)31)9-17(15)24/h3-11H,1-2H3,(H,25,28,35)/b16-10-. The number of nitrogens with zero attached hydrogens (tertiary/aromatic N) is 2. The van der Waals surface area contributed by atoms with Gasteiger partial charge in [0, 0.05) is 28.2 Å². The molecular weight excluding hydrogens is 542 g/mol. The van der Waals surface area contributed by atoms with Crippen molar-refractivity contribution in [3.8, 4) is 22.8 Å². The Hall–Kier alpha value is -4.03. The van der Waals surface area contributed by atoms with Crippen molar-refractivity contribution in [3.63, 3.8) is 0 Å². The number of rotatable bonds is 6. The largest absolute Gasteiger partial charge is 0.497 e. The maximum absolute atomic E-state index is 13.3. The number of furan rings is 1. The van der Waals surface area contributed by atoms with E-state index < -0.39 is 16.7 Å². The zero-order chi connectivity index (χ0) is 25.3. The summed E-state index contributed by atoms with van der Waals surface area (Å²) in [5.74, 6) is 0.0831. The number of ether oxygens (including phenoxy) is 2. The van der Waals surface area contributed by atoms with Gasteiger partial charge in [0.25, 0.3) is 17.5 Å². The molecule has 10 nitrogen and oxygen atoms in total. The summed E-state index contributed by atoms with van der Waals surface area (Å²) < 4.78 is 16.8. The zero-order valence-electron chi connectivity index (χ0n) is 18.2. The van der Waals surface area contributed by atoms with Gasteiger partial charge >= 0.3 is 0 Å². The number of amides is 2. The first-order chi connectivity index (χ1) is 16.7. The monoisotopic (exact) mass is 557 g/mol. The fourth-order valence-corrected chi connectivity index (χ4v) is 4.22. The van der Waals surface area contributed by atoms with E-state index in [9.17, 15) is 19.7 Å². The van der Waals surface area contributed by atoms with Crippen LogP contribution < -0.4 is 19.7 Å². The van der Waals surface area contributed by atoms with E-state index in [2.05, 4.69) is 21.2 Å². The lowest BCUT2D eigenvalue weighted by Crippen LogP contribution is -2.54. The van der Waals surface area contributed by atoms with E-state index in [-0.39, 0.29) is 22.1 Å². The molecule has 2 heterocycles. The number of halogens is 1. The van der Waals surface area contributed by atoms with Crippen LogP contribution in [0.15, 0.2) is 63.0 Å². The topological polar surface area (TPSA) is 124 Å². The molecule has 0 unspecified atom stereocenters. The molecule has 0 aliphatic carbocycles. The normalized spacial score (nSPS) is 14.8. The molecule has 1 fully saturated rings. The summed E-state index contributed by atoms with van der Waals surface area (Å²) in [5.41, 5.74) is 0.596. The number of thiocarbonyl (C=S) groups is 1. The van der Waals surface area contributed by atoms with Gasteiger partial charge in [-0.05, 0) is 64.6 Å². The molecule has 1 aliphatic heterocycles. The van der Waals surface area contributed by atoms with Crippen LogP contribution in [0.2, 0.25) is 0 Å². The lowest BCUT2D eigenvalue weighted by Gasteiger charge is -2.29. The number of carbonyl (C=O) groups excluding carboxylic acids is 2. The molecule has 0 atom stereocenters. The molecule has 1 aromatic heterocycles. The van der Waals surface area contributed by atoms with Crippen LogP contribution in [-0.4, -0.2) is 36.1 Å². The number of methoxy groups -OCH3 is 2. The van der Waals surface area contributed by atoms with Crippen molar-refractivity contribution in [2.45, 2.75) is 0 Å². The third kappa shape index (κ3) is 4.66. The molecule has 0 spiro atoms. The van der Waals surface area contributed by atoms with Crippen molar-refractivity contribution < 1.29 is 28.4 Å². The van der Waals surface area contributed by atoms with Crippen LogP contribution in [0.3, 0.4) is 0 Å². The Kier molecular flexibility index (Phi) is 6.67. The smallest absolute Gasteiger partial charge is 0.270 e. The number of benzene rings is 2. The second kappa shape index (κ2) is 9.68. The Morgan fingerprint density at radius 3 is 2.54 bits per heavy atom. The molecule has 35 heavy (non-hydrogen) atoms. The molecule has 2 aromatic carbocycles. The molecule has 0 radical (unpaired) electrons. The van der Waals surface area contributed by atoms with Crippen LogP contribution in [0.25, 0.3) is 17.4 Å². The lowest BCUT2D eigenvalue weighted by molar-refractivity contribution is -0.384. The van der Waals surface area contributed by atoms with Gasteiger partial charge in [0.2, 0.25) is 0 Å². The van der Waals surface area contributed by atoms with Gasteiger partial charge in [0.15, 0.2) is 5.11 Å². The Morgan fingerprint density at radius 1 is 1.11 bits per heavy atom. The van der Waals surface area contributed by atoms with Gasteiger partial charge in [0.05, 0.1) is 24.8 Å². The quantitative estimate of drug-likeness (QED) is 0.155. The maximum Gasteiger partial charge on any atom is 0.270 e. The number of hydrogen-bond acceptors (Lipinski definition) is 8. The van der Waals surface area contributed by atoms with Crippen LogP contribution >= 0.6 is 28.1 Å². The minimum Gasteiger partial charge on any atom is -0.497 e. The van der Waals surface area contributed by atoms with E-state index in [0.29, 0.717) is 33.0 Å². The van der Waals surface area contributed by atoms with E-state index in [0.717, 1.165) is 4.90 Å². The molecule has 2 amide bonds. The summed E-state index contributed by atoms with van der Waals surface area (Å²) in [6.45, 7) is 0. The first-order valence-corrected chi connectivity index (χ1v) is 11.1. The van der Waals surface area contributed by atoms with Crippen molar-refractivity contribution in [2.75, 3.05) is 19.1 Å². The predicted octanol–water partition coefficient (Wildman–Crippen LogP) is 4.47. The molecule has 4 rings (SSSR count). The first kappa shape index (κ1) is 24.1. The molecule has 178 valence electrons. The molecule has 1 saturated heterocycles. The summed E-state index contributed by atoms with van der Waals surface area (Å²) in [4.78, 5) is 37.5. The van der Waals surface area contributed by atoms with Gasteiger partial charge in [-0.15, -0.1) is 0 Å². The zero-order valence-corrected chi connectivity index (χ0v) is 20.6. The van der Waals surface area contributed by atoms with Crippen molar-refractivity contribution in [2.24, 2.45) is 0 Å². The number of nitrogens with one attached hydrogen (secondary N) is 1. The highest BCUT2D eigenvalue weighted by molar-refractivity contribution is 9.10. The average Bonchev–Trinajstić information content (AvgIpc) is 3.30. The molecular formula is C23H16BrN3O7S. The number of anilines is 1. The number of hydrogen-bond donors (Lipinski definition) is 1. The van der Waals surface area contributed by atoms with Crippen molar-refractivity contribution >= 4 is 62.5 Å². The van der Waals surface area contributed by atoms with Crippen LogP contribution in [0.4, 0.5) is 11.4 Å². The number of nitro benzene ring substituents is 1. The summed E-state index contributed by atoms with van der Waals surface area (Å²) in [7, 11) is 2.94. The van der Waals surface area contributed by atoms with Crippen LogP contribution in [0.1, 0.15) is 5.76 Å². The van der Waals surface area contributed by atoms with Gasteiger partial charge in [-0.2, -0.15) is 0 Å². The SMILES string of the molecule is COc1ccc(N2C(=O)/C(=C\c3ccc(-c4ccc([N+](=O)[O-])cc4Br)o3)C(=O)NC2=S)c(OC)c1. The van der Waals surface area contributed by atoms with Gasteiger partial charge < -0.3 is 13.9 Å². The number of non-ortho nitro benzene ring substituents is 1. The van der Waals surface area contributed by atoms with Gasteiger partial charge in [-0.3, -0.25) is 25.0 Å². The van der Waals surface area contributed by atoms with Crippen LogP contribution in [0.5, 0.6) is 11.5 Å². The Balaban J connectivity index is 1.68.